The van der Waals surface area contributed by atoms with Gasteiger partial charge < -0.3 is 14.5 Å². The fourth-order valence-electron chi connectivity index (χ4n) is 4.61. The van der Waals surface area contributed by atoms with Gasteiger partial charge >= 0.3 is 5.97 Å². The number of benzene rings is 3. The summed E-state index contributed by atoms with van der Waals surface area (Å²) in [7, 11) is 0. The van der Waals surface area contributed by atoms with Crippen molar-refractivity contribution in [1.82, 2.24) is 9.80 Å². The second-order valence-corrected chi connectivity index (χ2v) is 9.29. The zero-order valence-electron chi connectivity index (χ0n) is 19.2. The molecule has 0 aromatic heterocycles. The molecule has 1 unspecified atom stereocenters. The third-order valence-corrected chi connectivity index (χ3v) is 6.84. The van der Waals surface area contributed by atoms with Crippen molar-refractivity contribution in [2.75, 3.05) is 26.2 Å². The summed E-state index contributed by atoms with van der Waals surface area (Å²) in [5.74, 6) is -0.418. The van der Waals surface area contributed by atoms with Gasteiger partial charge in [-0.3, -0.25) is 9.59 Å². The number of piperazine rings is 1. The van der Waals surface area contributed by atoms with E-state index in [-0.39, 0.29) is 23.9 Å². The Hall–Kier alpha value is -3.64. The number of cyclic esters (lactones) is 1. The number of ether oxygens (including phenoxy) is 1. The van der Waals surface area contributed by atoms with Crippen LogP contribution >= 0.6 is 11.6 Å². The summed E-state index contributed by atoms with van der Waals surface area (Å²) >= 11 is 5.92. The summed E-state index contributed by atoms with van der Waals surface area (Å²) < 4.78 is 5.62. The summed E-state index contributed by atoms with van der Waals surface area (Å²) in [6.45, 7) is 1.92. The molecule has 1 saturated heterocycles. The van der Waals surface area contributed by atoms with E-state index in [2.05, 4.69) is 0 Å². The highest BCUT2D eigenvalue weighted by Crippen LogP contribution is 2.31. The van der Waals surface area contributed by atoms with Crippen molar-refractivity contribution in [2.45, 2.75) is 18.9 Å². The lowest BCUT2D eigenvalue weighted by Gasteiger charge is -2.35. The molecule has 1 fully saturated rings. The summed E-state index contributed by atoms with van der Waals surface area (Å²) in [6.07, 6.45) is 0.477. The van der Waals surface area contributed by atoms with E-state index >= 15 is 0 Å². The number of amides is 2. The molecule has 2 aliphatic heterocycles. The number of carbonyl (C=O) groups excluding carboxylic acids is 3. The third kappa shape index (κ3) is 5.08. The van der Waals surface area contributed by atoms with Gasteiger partial charge in [-0.1, -0.05) is 54.1 Å². The Morgan fingerprint density at radius 1 is 0.886 bits per heavy atom. The Balaban J connectivity index is 1.22. The lowest BCUT2D eigenvalue weighted by Crippen LogP contribution is -2.51. The van der Waals surface area contributed by atoms with Crippen LogP contribution in [-0.4, -0.2) is 53.8 Å². The number of hydrogen-bond acceptors (Lipinski definition) is 4. The van der Waals surface area contributed by atoms with Crippen LogP contribution in [0.5, 0.6) is 0 Å². The van der Waals surface area contributed by atoms with E-state index in [0.29, 0.717) is 55.2 Å². The van der Waals surface area contributed by atoms with Gasteiger partial charge in [0.25, 0.3) is 5.91 Å². The van der Waals surface area contributed by atoms with Crippen LogP contribution in [0.4, 0.5) is 0 Å². The molecule has 2 amide bonds. The fraction of sp³-hybridized carbons (Fsp3) is 0.250. The van der Waals surface area contributed by atoms with Gasteiger partial charge in [-0.2, -0.15) is 0 Å². The predicted octanol–water partition coefficient (Wildman–Crippen LogP) is 4.32. The quantitative estimate of drug-likeness (QED) is 0.513. The zero-order valence-corrected chi connectivity index (χ0v) is 19.9. The molecule has 0 bridgehead atoms. The molecule has 3 aromatic rings. The number of fused-ring (bicyclic) bond motifs is 1. The second kappa shape index (κ2) is 9.92. The zero-order chi connectivity index (χ0) is 24.4. The molecule has 6 nitrogen and oxygen atoms in total. The molecular formula is C28H25ClN2O4. The first-order valence-corrected chi connectivity index (χ1v) is 12.1. The molecular weight excluding hydrogens is 464 g/mol. The van der Waals surface area contributed by atoms with E-state index in [1.54, 1.807) is 34.1 Å². The van der Waals surface area contributed by atoms with Crippen LogP contribution in [0.15, 0.2) is 72.8 Å². The first kappa shape index (κ1) is 23.1. The van der Waals surface area contributed by atoms with E-state index in [1.807, 2.05) is 48.5 Å². The minimum Gasteiger partial charge on any atom is -0.454 e. The van der Waals surface area contributed by atoms with Crippen LogP contribution in [-0.2, 0) is 22.4 Å². The summed E-state index contributed by atoms with van der Waals surface area (Å²) in [5.41, 5.74) is 3.72. The lowest BCUT2D eigenvalue weighted by molar-refractivity contribution is -0.131. The van der Waals surface area contributed by atoms with Crippen LogP contribution in [0.25, 0.3) is 0 Å². The molecule has 3 aromatic carbocycles. The van der Waals surface area contributed by atoms with Gasteiger partial charge in [0.1, 0.15) is 6.10 Å². The van der Waals surface area contributed by atoms with Crippen LogP contribution in [0.1, 0.15) is 43.5 Å². The monoisotopic (exact) mass is 488 g/mol. The van der Waals surface area contributed by atoms with Crippen LogP contribution in [0, 0.1) is 0 Å². The average molecular weight is 489 g/mol. The molecule has 0 spiro atoms. The van der Waals surface area contributed by atoms with Crippen molar-refractivity contribution in [3.8, 4) is 0 Å². The average Bonchev–Trinajstić information content (AvgIpc) is 2.90. The number of hydrogen-bond donors (Lipinski definition) is 0. The maximum Gasteiger partial charge on any atom is 0.339 e. The number of rotatable bonds is 4. The Morgan fingerprint density at radius 3 is 2.29 bits per heavy atom. The normalized spacial score (nSPS) is 17.5. The highest BCUT2D eigenvalue weighted by molar-refractivity contribution is 6.30. The van der Waals surface area contributed by atoms with Gasteiger partial charge in [-0.05, 0) is 47.0 Å². The molecule has 178 valence electrons. The van der Waals surface area contributed by atoms with Gasteiger partial charge in [-0.15, -0.1) is 0 Å². The largest absolute Gasteiger partial charge is 0.454 e. The number of nitrogens with zero attached hydrogens (tertiary/aromatic N) is 2. The number of esters is 1. The minimum absolute atomic E-state index is 0.0404. The van der Waals surface area contributed by atoms with Gasteiger partial charge in [0.2, 0.25) is 5.91 Å². The van der Waals surface area contributed by atoms with Crippen molar-refractivity contribution in [2.24, 2.45) is 0 Å². The number of carbonyl (C=O) groups is 3. The molecule has 35 heavy (non-hydrogen) atoms. The van der Waals surface area contributed by atoms with E-state index in [1.165, 1.54) is 0 Å². The first-order valence-electron chi connectivity index (χ1n) is 11.7. The van der Waals surface area contributed by atoms with Crippen LogP contribution in [0.2, 0.25) is 5.02 Å². The highest BCUT2D eigenvalue weighted by Gasteiger charge is 2.30. The van der Waals surface area contributed by atoms with Crippen molar-refractivity contribution in [3.63, 3.8) is 0 Å². The summed E-state index contributed by atoms with van der Waals surface area (Å²) in [6, 6.07) is 22.1. The Morgan fingerprint density at radius 2 is 1.57 bits per heavy atom. The maximum absolute atomic E-state index is 13.2. The van der Waals surface area contributed by atoms with Crippen molar-refractivity contribution < 1.29 is 19.1 Å². The fourth-order valence-corrected chi connectivity index (χ4v) is 4.74. The van der Waals surface area contributed by atoms with E-state index in [0.717, 1.165) is 16.7 Å². The first-order chi connectivity index (χ1) is 17.0. The summed E-state index contributed by atoms with van der Waals surface area (Å²) in [5, 5.41) is 0.642. The Labute approximate surface area is 209 Å². The molecule has 1 atom stereocenters. The van der Waals surface area contributed by atoms with E-state index in [4.69, 9.17) is 16.3 Å². The smallest absolute Gasteiger partial charge is 0.339 e. The van der Waals surface area contributed by atoms with Crippen LogP contribution in [0.3, 0.4) is 0 Å². The number of halogens is 1. The van der Waals surface area contributed by atoms with Gasteiger partial charge in [0.15, 0.2) is 0 Å². The highest BCUT2D eigenvalue weighted by atomic mass is 35.5. The van der Waals surface area contributed by atoms with Gasteiger partial charge in [0, 0.05) is 43.2 Å². The molecule has 2 aliphatic rings. The molecule has 0 radical (unpaired) electrons. The third-order valence-electron chi connectivity index (χ3n) is 6.59. The summed E-state index contributed by atoms with van der Waals surface area (Å²) in [4.78, 5) is 42.0. The Bertz CT molecular complexity index is 1250. The molecule has 7 heteroatoms. The molecule has 0 N–H and O–H groups in total. The molecule has 0 saturated carbocycles. The SMILES string of the molecule is O=C1OC(c2ccccc2)Cc2cc(C(=O)N3CCN(C(=O)Cc4ccc(Cl)cc4)CC3)ccc21. The minimum atomic E-state index is -0.369. The van der Waals surface area contributed by atoms with Gasteiger partial charge in [0.05, 0.1) is 12.0 Å². The van der Waals surface area contributed by atoms with E-state index < -0.39 is 0 Å². The van der Waals surface area contributed by atoms with Crippen molar-refractivity contribution in [3.05, 3.63) is 106 Å². The van der Waals surface area contributed by atoms with Crippen LogP contribution < -0.4 is 0 Å². The van der Waals surface area contributed by atoms with Crippen molar-refractivity contribution in [1.29, 1.82) is 0 Å². The maximum atomic E-state index is 13.2. The second-order valence-electron chi connectivity index (χ2n) is 8.86. The molecule has 5 rings (SSSR count). The van der Waals surface area contributed by atoms with Crippen molar-refractivity contribution >= 4 is 29.4 Å². The van der Waals surface area contributed by atoms with Gasteiger partial charge in [-0.25, -0.2) is 4.79 Å². The molecule has 0 aliphatic carbocycles. The van der Waals surface area contributed by atoms with E-state index in [9.17, 15) is 14.4 Å². The topological polar surface area (TPSA) is 66.9 Å². The predicted molar refractivity (Wildman–Crippen MR) is 132 cm³/mol. The standard InChI is InChI=1S/C28H25ClN2O4/c29-23-9-6-19(7-10-23)16-26(32)30-12-14-31(15-13-30)27(33)21-8-11-24-22(17-21)18-25(35-28(24)34)20-4-2-1-3-5-20/h1-11,17,25H,12-16,18H2. The molecule has 2 heterocycles. The Kier molecular flexibility index (Phi) is 6.55. The lowest BCUT2D eigenvalue weighted by atomic mass is 9.93.